The minimum absolute atomic E-state index is 0.122. The van der Waals surface area contributed by atoms with Crippen molar-refractivity contribution >= 4 is 17.2 Å². The molecule has 0 radical (unpaired) electrons. The second-order valence-corrected chi connectivity index (χ2v) is 6.95. The minimum Gasteiger partial charge on any atom is -0.338 e. The molecule has 0 bridgehead atoms. The Hall–Kier alpha value is -1.69. The molecule has 0 spiro atoms. The summed E-state index contributed by atoms with van der Waals surface area (Å²) in [4.78, 5) is 19.3. The van der Waals surface area contributed by atoms with Crippen LogP contribution in [0.2, 0.25) is 0 Å². The number of likely N-dealkylation sites (tertiary alicyclic amines) is 1. The van der Waals surface area contributed by atoms with Crippen molar-refractivity contribution in [3.8, 4) is 0 Å². The fourth-order valence-electron chi connectivity index (χ4n) is 3.13. The maximum absolute atomic E-state index is 12.8. The molecule has 0 atom stereocenters. The first-order valence-electron chi connectivity index (χ1n) is 7.69. The van der Waals surface area contributed by atoms with Gasteiger partial charge in [0.25, 0.3) is 5.91 Å². The summed E-state index contributed by atoms with van der Waals surface area (Å²) < 4.78 is 1.79. The molecular formula is C16H22N4OS. The zero-order valence-corrected chi connectivity index (χ0v) is 14.4. The van der Waals surface area contributed by atoms with Gasteiger partial charge in [-0.05, 0) is 33.6 Å². The van der Waals surface area contributed by atoms with Crippen molar-refractivity contribution in [2.45, 2.75) is 39.5 Å². The van der Waals surface area contributed by atoms with Gasteiger partial charge in [0.1, 0.15) is 0 Å². The van der Waals surface area contributed by atoms with E-state index in [4.69, 9.17) is 0 Å². The van der Waals surface area contributed by atoms with E-state index in [0.29, 0.717) is 5.92 Å². The quantitative estimate of drug-likeness (QED) is 0.855. The molecule has 1 saturated heterocycles. The van der Waals surface area contributed by atoms with Gasteiger partial charge in [-0.15, -0.1) is 11.3 Å². The molecule has 0 N–H and O–H groups in total. The molecule has 3 heterocycles. The topological polar surface area (TPSA) is 51.0 Å². The van der Waals surface area contributed by atoms with Crippen molar-refractivity contribution in [2.24, 2.45) is 7.05 Å². The van der Waals surface area contributed by atoms with Crippen LogP contribution >= 0.6 is 11.3 Å². The molecular weight excluding hydrogens is 296 g/mol. The van der Waals surface area contributed by atoms with Crippen LogP contribution < -0.4 is 0 Å². The van der Waals surface area contributed by atoms with Crippen molar-refractivity contribution < 1.29 is 4.79 Å². The van der Waals surface area contributed by atoms with Crippen molar-refractivity contribution in [2.75, 3.05) is 13.1 Å². The highest BCUT2D eigenvalue weighted by molar-refractivity contribution is 7.09. The molecule has 22 heavy (non-hydrogen) atoms. The Bertz CT molecular complexity index is 695. The fourth-order valence-corrected chi connectivity index (χ4v) is 4.10. The van der Waals surface area contributed by atoms with Crippen LogP contribution in [-0.4, -0.2) is 38.7 Å². The Labute approximate surface area is 135 Å². The summed E-state index contributed by atoms with van der Waals surface area (Å²) in [7, 11) is 1.89. The Morgan fingerprint density at radius 3 is 2.45 bits per heavy atom. The molecule has 2 aromatic rings. The summed E-state index contributed by atoms with van der Waals surface area (Å²) >= 11 is 1.74. The van der Waals surface area contributed by atoms with Gasteiger partial charge in [-0.1, -0.05) is 0 Å². The van der Waals surface area contributed by atoms with Gasteiger partial charge in [-0.25, -0.2) is 4.98 Å². The van der Waals surface area contributed by atoms with E-state index in [1.54, 1.807) is 16.0 Å². The summed E-state index contributed by atoms with van der Waals surface area (Å²) in [5.41, 5.74) is 3.63. The highest BCUT2D eigenvalue weighted by Crippen LogP contribution is 2.31. The van der Waals surface area contributed by atoms with Gasteiger partial charge in [-0.3, -0.25) is 9.48 Å². The van der Waals surface area contributed by atoms with Crippen LogP contribution in [0.25, 0.3) is 0 Å². The molecule has 0 aromatic carbocycles. The predicted octanol–water partition coefficient (Wildman–Crippen LogP) is 2.82. The average molecular weight is 318 g/mol. The van der Waals surface area contributed by atoms with Gasteiger partial charge in [0, 0.05) is 42.8 Å². The fraction of sp³-hybridized carbons (Fsp3) is 0.562. The average Bonchev–Trinajstić information content (AvgIpc) is 3.03. The summed E-state index contributed by atoms with van der Waals surface area (Å²) in [6.45, 7) is 7.50. The molecule has 0 saturated carbocycles. The number of nitrogens with zero attached hydrogens (tertiary/aromatic N) is 4. The third-order valence-electron chi connectivity index (χ3n) is 4.49. The second-order valence-electron chi connectivity index (χ2n) is 6.06. The Kier molecular flexibility index (Phi) is 4.04. The third kappa shape index (κ3) is 2.67. The molecule has 1 amide bonds. The zero-order chi connectivity index (χ0) is 15.9. The van der Waals surface area contributed by atoms with Crippen molar-refractivity contribution in [3.63, 3.8) is 0 Å². The van der Waals surface area contributed by atoms with Gasteiger partial charge in [0.15, 0.2) is 0 Å². The standard InChI is InChI=1S/C16H22N4OS/c1-10-9-22-15(17-10)13-5-7-20(8-6-13)16(21)14-11(2)18-19(4)12(14)3/h9,13H,5-8H2,1-4H3. The minimum atomic E-state index is 0.122. The third-order valence-corrected chi connectivity index (χ3v) is 5.62. The number of thiazole rings is 1. The Morgan fingerprint density at radius 1 is 1.27 bits per heavy atom. The molecule has 0 aliphatic carbocycles. The van der Waals surface area contributed by atoms with E-state index < -0.39 is 0 Å². The monoisotopic (exact) mass is 318 g/mol. The highest BCUT2D eigenvalue weighted by Gasteiger charge is 2.28. The van der Waals surface area contributed by atoms with Crippen molar-refractivity contribution in [1.29, 1.82) is 0 Å². The van der Waals surface area contributed by atoms with Crippen LogP contribution in [0.3, 0.4) is 0 Å². The van der Waals surface area contributed by atoms with Crippen LogP contribution in [-0.2, 0) is 7.05 Å². The maximum atomic E-state index is 12.8. The van der Waals surface area contributed by atoms with Crippen molar-refractivity contribution in [1.82, 2.24) is 19.7 Å². The molecule has 1 fully saturated rings. The normalized spacial score (nSPS) is 16.3. The molecule has 2 aromatic heterocycles. The molecule has 0 unspecified atom stereocenters. The van der Waals surface area contributed by atoms with Crippen molar-refractivity contribution in [3.05, 3.63) is 33.0 Å². The number of piperidine rings is 1. The number of amides is 1. The molecule has 1 aliphatic heterocycles. The van der Waals surface area contributed by atoms with E-state index in [-0.39, 0.29) is 5.91 Å². The van der Waals surface area contributed by atoms with Crippen LogP contribution in [0.15, 0.2) is 5.38 Å². The number of hydrogen-bond donors (Lipinski definition) is 0. The summed E-state index contributed by atoms with van der Waals surface area (Å²) in [6.07, 6.45) is 1.99. The molecule has 1 aliphatic rings. The SMILES string of the molecule is Cc1csc(C2CCN(C(=O)c3c(C)nn(C)c3C)CC2)n1. The van der Waals surface area contributed by atoms with Gasteiger partial charge in [0.05, 0.1) is 16.3 Å². The lowest BCUT2D eigenvalue weighted by Crippen LogP contribution is -2.38. The lowest BCUT2D eigenvalue weighted by Gasteiger charge is -2.31. The van der Waals surface area contributed by atoms with E-state index in [1.165, 1.54) is 5.01 Å². The van der Waals surface area contributed by atoms with Gasteiger partial charge in [-0.2, -0.15) is 5.10 Å². The van der Waals surface area contributed by atoms with Gasteiger partial charge < -0.3 is 4.90 Å². The maximum Gasteiger partial charge on any atom is 0.257 e. The van der Waals surface area contributed by atoms with E-state index >= 15 is 0 Å². The summed E-state index contributed by atoms with van der Waals surface area (Å²) in [5.74, 6) is 0.621. The number of carbonyl (C=O) groups excluding carboxylic acids is 1. The smallest absolute Gasteiger partial charge is 0.257 e. The van der Waals surface area contributed by atoms with Gasteiger partial charge in [0.2, 0.25) is 0 Å². The first-order valence-corrected chi connectivity index (χ1v) is 8.57. The number of rotatable bonds is 2. The number of carbonyl (C=O) groups is 1. The predicted molar refractivity (Wildman–Crippen MR) is 87.4 cm³/mol. The lowest BCUT2D eigenvalue weighted by molar-refractivity contribution is 0.0711. The number of hydrogen-bond acceptors (Lipinski definition) is 4. The van der Waals surface area contributed by atoms with Crippen LogP contribution in [0.4, 0.5) is 0 Å². The van der Waals surface area contributed by atoms with Crippen LogP contribution in [0.5, 0.6) is 0 Å². The molecule has 6 heteroatoms. The molecule has 5 nitrogen and oxygen atoms in total. The largest absolute Gasteiger partial charge is 0.338 e. The van der Waals surface area contributed by atoms with Gasteiger partial charge >= 0.3 is 0 Å². The summed E-state index contributed by atoms with van der Waals surface area (Å²) in [6, 6.07) is 0. The molecule has 3 rings (SSSR count). The van der Waals surface area contributed by atoms with E-state index in [9.17, 15) is 4.79 Å². The van der Waals surface area contributed by atoms with E-state index in [1.807, 2.05) is 32.7 Å². The van der Waals surface area contributed by atoms with Crippen LogP contribution in [0.1, 0.15) is 51.2 Å². The van der Waals surface area contributed by atoms with E-state index in [0.717, 1.165) is 48.6 Å². The lowest BCUT2D eigenvalue weighted by atomic mass is 9.97. The first kappa shape index (κ1) is 15.2. The van der Waals surface area contributed by atoms with Crippen LogP contribution in [0, 0.1) is 20.8 Å². The summed E-state index contributed by atoms with van der Waals surface area (Å²) in [5, 5.41) is 7.68. The Balaban J connectivity index is 1.69. The number of aryl methyl sites for hydroxylation is 3. The molecule has 118 valence electrons. The first-order chi connectivity index (χ1) is 10.5. The zero-order valence-electron chi connectivity index (χ0n) is 13.6. The number of aromatic nitrogens is 3. The Morgan fingerprint density at radius 2 is 1.95 bits per heavy atom. The highest BCUT2D eigenvalue weighted by atomic mass is 32.1. The van der Waals surface area contributed by atoms with E-state index in [2.05, 4.69) is 15.5 Å². The second kappa shape index (κ2) is 5.83.